The molecule has 2 aromatic carbocycles. The van der Waals surface area contributed by atoms with E-state index in [-0.39, 0.29) is 5.91 Å². The van der Waals surface area contributed by atoms with Crippen molar-refractivity contribution in [1.82, 2.24) is 4.90 Å². The van der Waals surface area contributed by atoms with Crippen molar-refractivity contribution < 1.29 is 14.3 Å². The van der Waals surface area contributed by atoms with Crippen molar-refractivity contribution in [2.45, 2.75) is 19.6 Å². The third kappa shape index (κ3) is 6.19. The van der Waals surface area contributed by atoms with Crippen molar-refractivity contribution in [2.24, 2.45) is 0 Å². The first-order valence-corrected chi connectivity index (χ1v) is 8.68. The van der Waals surface area contributed by atoms with E-state index in [9.17, 15) is 9.59 Å². The molecule has 0 saturated carbocycles. The standard InChI is InChI=1S/C20H20BrNO3/c1-15(20(24)22(2)14-17-6-4-3-5-7-17)25-19(23)13-10-16-8-11-18(21)12-9-16/h3-13,15H,14H2,1-2H3/b13-10+/t15-/m0/s1. The molecule has 0 fully saturated rings. The van der Waals surface area contributed by atoms with Gasteiger partial charge in [0.1, 0.15) is 0 Å². The Kier molecular flexibility index (Phi) is 6.95. The Hall–Kier alpha value is -2.40. The summed E-state index contributed by atoms with van der Waals surface area (Å²) < 4.78 is 6.16. The number of hydrogen-bond acceptors (Lipinski definition) is 3. The Morgan fingerprint density at radius 3 is 2.40 bits per heavy atom. The number of carbonyl (C=O) groups excluding carboxylic acids is 2. The first-order chi connectivity index (χ1) is 12.0. The van der Waals surface area contributed by atoms with Crippen molar-refractivity contribution in [1.29, 1.82) is 0 Å². The number of esters is 1. The van der Waals surface area contributed by atoms with Crippen LogP contribution in [0.5, 0.6) is 0 Å². The molecule has 0 aliphatic heterocycles. The Bertz CT molecular complexity index is 741. The zero-order chi connectivity index (χ0) is 18.2. The number of rotatable bonds is 6. The van der Waals surface area contributed by atoms with Crippen LogP contribution >= 0.6 is 15.9 Å². The lowest BCUT2D eigenvalue weighted by Gasteiger charge is -2.21. The number of hydrogen-bond donors (Lipinski definition) is 0. The number of amides is 1. The SMILES string of the molecule is C[C@H](OC(=O)/C=C/c1ccc(Br)cc1)C(=O)N(C)Cc1ccccc1. The maximum absolute atomic E-state index is 12.3. The van der Waals surface area contributed by atoms with Crippen LogP contribution in [0.3, 0.4) is 0 Å². The summed E-state index contributed by atoms with van der Waals surface area (Å²) in [6, 6.07) is 17.2. The molecule has 0 bridgehead atoms. The summed E-state index contributed by atoms with van der Waals surface area (Å²) in [5.41, 5.74) is 1.90. The molecule has 0 aliphatic rings. The van der Waals surface area contributed by atoms with Crippen LogP contribution in [0.1, 0.15) is 18.1 Å². The van der Waals surface area contributed by atoms with Gasteiger partial charge in [0.2, 0.25) is 0 Å². The van der Waals surface area contributed by atoms with E-state index < -0.39 is 12.1 Å². The van der Waals surface area contributed by atoms with Gasteiger partial charge in [0.05, 0.1) is 0 Å². The summed E-state index contributed by atoms with van der Waals surface area (Å²) in [4.78, 5) is 25.8. The van der Waals surface area contributed by atoms with Crippen molar-refractivity contribution in [2.75, 3.05) is 7.05 Å². The molecule has 130 valence electrons. The van der Waals surface area contributed by atoms with Crippen molar-refractivity contribution in [3.63, 3.8) is 0 Å². The Morgan fingerprint density at radius 2 is 1.76 bits per heavy atom. The van der Waals surface area contributed by atoms with Gasteiger partial charge in [-0.05, 0) is 36.3 Å². The molecule has 2 rings (SSSR count). The van der Waals surface area contributed by atoms with Crippen molar-refractivity contribution in [3.8, 4) is 0 Å². The molecule has 4 nitrogen and oxygen atoms in total. The number of carbonyl (C=O) groups is 2. The van der Waals surface area contributed by atoms with Crippen LogP contribution in [-0.2, 0) is 20.9 Å². The van der Waals surface area contributed by atoms with Gasteiger partial charge < -0.3 is 9.64 Å². The third-order valence-electron chi connectivity index (χ3n) is 3.56. The number of nitrogens with zero attached hydrogens (tertiary/aromatic N) is 1. The van der Waals surface area contributed by atoms with E-state index in [1.807, 2.05) is 54.6 Å². The van der Waals surface area contributed by atoms with Crippen LogP contribution in [0.2, 0.25) is 0 Å². The van der Waals surface area contributed by atoms with Gasteiger partial charge >= 0.3 is 5.97 Å². The van der Waals surface area contributed by atoms with Crippen molar-refractivity contribution in [3.05, 3.63) is 76.3 Å². The smallest absolute Gasteiger partial charge is 0.331 e. The molecule has 1 atom stereocenters. The second-order valence-corrected chi connectivity index (χ2v) is 6.56. The lowest BCUT2D eigenvalue weighted by Crippen LogP contribution is -2.36. The molecular weight excluding hydrogens is 382 g/mol. The van der Waals surface area contributed by atoms with E-state index >= 15 is 0 Å². The molecule has 25 heavy (non-hydrogen) atoms. The molecule has 1 amide bonds. The minimum absolute atomic E-state index is 0.241. The topological polar surface area (TPSA) is 46.6 Å². The van der Waals surface area contributed by atoms with Crippen LogP contribution < -0.4 is 0 Å². The van der Waals surface area contributed by atoms with E-state index in [0.717, 1.165) is 15.6 Å². The second kappa shape index (κ2) is 9.18. The van der Waals surface area contributed by atoms with Gasteiger partial charge in [-0.3, -0.25) is 4.79 Å². The molecule has 0 saturated heterocycles. The summed E-state index contributed by atoms with van der Waals surface area (Å²) in [7, 11) is 1.69. The highest BCUT2D eigenvalue weighted by Gasteiger charge is 2.20. The van der Waals surface area contributed by atoms with Gasteiger partial charge in [0, 0.05) is 24.1 Å². The molecule has 0 N–H and O–H groups in total. The van der Waals surface area contributed by atoms with Crippen LogP contribution in [0.4, 0.5) is 0 Å². The zero-order valence-electron chi connectivity index (χ0n) is 14.2. The van der Waals surface area contributed by atoms with Gasteiger partial charge in [-0.15, -0.1) is 0 Å². The lowest BCUT2D eigenvalue weighted by atomic mass is 10.2. The zero-order valence-corrected chi connectivity index (χ0v) is 15.8. The summed E-state index contributed by atoms with van der Waals surface area (Å²) >= 11 is 3.35. The molecule has 0 radical (unpaired) electrons. The largest absolute Gasteiger partial charge is 0.449 e. The molecular formula is C20H20BrNO3. The summed E-state index contributed by atoms with van der Waals surface area (Å²) in [5.74, 6) is -0.786. The Balaban J connectivity index is 1.87. The minimum atomic E-state index is -0.837. The first-order valence-electron chi connectivity index (χ1n) is 7.89. The first kappa shape index (κ1) is 18.9. The van der Waals surface area contributed by atoms with Gasteiger partial charge in [0.15, 0.2) is 6.10 Å². The molecule has 0 spiro atoms. The maximum Gasteiger partial charge on any atom is 0.331 e. The Labute approximate surface area is 156 Å². The van der Waals surface area contributed by atoms with Gasteiger partial charge in [0.25, 0.3) is 5.91 Å². The van der Waals surface area contributed by atoms with Crippen molar-refractivity contribution >= 4 is 33.9 Å². The quantitative estimate of drug-likeness (QED) is 0.541. The van der Waals surface area contributed by atoms with E-state index in [4.69, 9.17) is 4.74 Å². The van der Waals surface area contributed by atoms with Crippen LogP contribution in [0, 0.1) is 0 Å². The number of benzene rings is 2. The fourth-order valence-corrected chi connectivity index (χ4v) is 2.51. The summed E-state index contributed by atoms with van der Waals surface area (Å²) in [6.07, 6.45) is 2.14. The Morgan fingerprint density at radius 1 is 1.12 bits per heavy atom. The molecule has 2 aromatic rings. The van der Waals surface area contributed by atoms with Crippen LogP contribution in [0.25, 0.3) is 6.08 Å². The highest BCUT2D eigenvalue weighted by Crippen LogP contribution is 2.12. The number of likely N-dealkylation sites (N-methyl/N-ethyl adjacent to an activating group) is 1. The lowest BCUT2D eigenvalue weighted by molar-refractivity contribution is -0.154. The minimum Gasteiger partial charge on any atom is -0.449 e. The van der Waals surface area contributed by atoms with Gasteiger partial charge in [-0.1, -0.05) is 58.4 Å². The van der Waals surface area contributed by atoms with Crippen LogP contribution in [0.15, 0.2) is 65.1 Å². The van der Waals surface area contributed by atoms with Gasteiger partial charge in [-0.2, -0.15) is 0 Å². The highest BCUT2D eigenvalue weighted by molar-refractivity contribution is 9.10. The predicted molar refractivity (Wildman–Crippen MR) is 102 cm³/mol. The third-order valence-corrected chi connectivity index (χ3v) is 4.09. The molecule has 0 aliphatic carbocycles. The van der Waals surface area contributed by atoms with E-state index in [1.165, 1.54) is 6.08 Å². The van der Waals surface area contributed by atoms with E-state index in [2.05, 4.69) is 15.9 Å². The van der Waals surface area contributed by atoms with Crippen LogP contribution in [-0.4, -0.2) is 29.9 Å². The fraction of sp³-hybridized carbons (Fsp3) is 0.200. The maximum atomic E-state index is 12.3. The highest BCUT2D eigenvalue weighted by atomic mass is 79.9. The molecule has 0 aromatic heterocycles. The molecule has 0 unspecified atom stereocenters. The molecule has 0 heterocycles. The summed E-state index contributed by atoms with van der Waals surface area (Å²) in [6.45, 7) is 2.05. The summed E-state index contributed by atoms with van der Waals surface area (Å²) in [5, 5.41) is 0. The monoisotopic (exact) mass is 401 g/mol. The molecule has 5 heteroatoms. The average Bonchev–Trinajstić information content (AvgIpc) is 2.61. The van der Waals surface area contributed by atoms with E-state index in [0.29, 0.717) is 6.54 Å². The average molecular weight is 402 g/mol. The van der Waals surface area contributed by atoms with E-state index in [1.54, 1.807) is 24.9 Å². The fourth-order valence-electron chi connectivity index (χ4n) is 2.25. The second-order valence-electron chi connectivity index (χ2n) is 5.64. The number of ether oxygens (including phenoxy) is 1. The normalized spacial score (nSPS) is 12.0. The predicted octanol–water partition coefficient (Wildman–Crippen LogP) is 4.05. The number of halogens is 1. The van der Waals surface area contributed by atoms with Gasteiger partial charge in [-0.25, -0.2) is 4.79 Å².